The highest BCUT2D eigenvalue weighted by atomic mass is 16.5. The van der Waals surface area contributed by atoms with Gasteiger partial charge in [-0.2, -0.15) is 0 Å². The summed E-state index contributed by atoms with van der Waals surface area (Å²) in [4.78, 5) is 19.5. The van der Waals surface area contributed by atoms with Gasteiger partial charge in [-0.3, -0.25) is 0 Å². The number of hydrogen-bond donors (Lipinski definition) is 2. The molecule has 0 atom stereocenters. The summed E-state index contributed by atoms with van der Waals surface area (Å²) in [6.45, 7) is 2.40. The van der Waals surface area contributed by atoms with E-state index in [1.165, 1.54) is 13.2 Å². The fourth-order valence-corrected chi connectivity index (χ4v) is 1.90. The molecule has 116 valence electrons. The van der Waals surface area contributed by atoms with Crippen LogP contribution in [0.2, 0.25) is 0 Å². The Morgan fingerprint density at radius 1 is 1.27 bits per heavy atom. The molecule has 0 saturated carbocycles. The molecule has 1 aromatic heterocycles. The van der Waals surface area contributed by atoms with Crippen LogP contribution in [0.5, 0.6) is 11.5 Å². The van der Waals surface area contributed by atoms with Gasteiger partial charge in [0, 0.05) is 18.7 Å². The second kappa shape index (κ2) is 6.75. The summed E-state index contributed by atoms with van der Waals surface area (Å²) in [7, 11) is 3.20. The van der Waals surface area contributed by atoms with E-state index in [-0.39, 0.29) is 5.69 Å². The Labute approximate surface area is 127 Å². The summed E-state index contributed by atoms with van der Waals surface area (Å²) >= 11 is 0. The third kappa shape index (κ3) is 3.25. The molecule has 1 aromatic carbocycles. The highest BCUT2D eigenvalue weighted by Crippen LogP contribution is 2.31. The quantitative estimate of drug-likeness (QED) is 0.845. The molecule has 7 nitrogen and oxygen atoms in total. The second-order valence-corrected chi connectivity index (χ2v) is 4.32. The normalized spacial score (nSPS) is 10.1. The van der Waals surface area contributed by atoms with E-state index in [4.69, 9.17) is 14.6 Å². The van der Waals surface area contributed by atoms with Gasteiger partial charge in [0.05, 0.1) is 13.7 Å². The van der Waals surface area contributed by atoms with E-state index in [1.807, 2.05) is 6.92 Å². The Kier molecular flexibility index (Phi) is 4.77. The topological polar surface area (TPSA) is 93.6 Å². The van der Waals surface area contributed by atoms with Crippen molar-refractivity contribution in [3.63, 3.8) is 0 Å². The fraction of sp³-hybridized carbons (Fsp3) is 0.267. The zero-order valence-electron chi connectivity index (χ0n) is 12.6. The van der Waals surface area contributed by atoms with Crippen LogP contribution in [0.3, 0.4) is 0 Å². The van der Waals surface area contributed by atoms with Gasteiger partial charge in [0.1, 0.15) is 5.82 Å². The van der Waals surface area contributed by atoms with Crippen LogP contribution in [0.1, 0.15) is 17.4 Å². The number of benzene rings is 1. The molecule has 1 heterocycles. The van der Waals surface area contributed by atoms with Crippen molar-refractivity contribution in [2.75, 3.05) is 26.1 Å². The molecular formula is C15H17N3O4. The van der Waals surface area contributed by atoms with Gasteiger partial charge in [0.2, 0.25) is 0 Å². The monoisotopic (exact) mass is 303 g/mol. The SMILES string of the molecule is CCOc1ccc(-c2nc(NC)cc(C(=O)O)n2)cc1OC. The number of methoxy groups -OCH3 is 1. The van der Waals surface area contributed by atoms with Crippen LogP contribution in [-0.2, 0) is 0 Å². The lowest BCUT2D eigenvalue weighted by atomic mass is 10.2. The largest absolute Gasteiger partial charge is 0.493 e. The lowest BCUT2D eigenvalue weighted by Gasteiger charge is -2.11. The minimum Gasteiger partial charge on any atom is -0.493 e. The van der Waals surface area contributed by atoms with E-state index in [9.17, 15) is 4.79 Å². The molecular weight excluding hydrogens is 286 g/mol. The lowest BCUT2D eigenvalue weighted by Crippen LogP contribution is -2.06. The minimum absolute atomic E-state index is 0.0813. The van der Waals surface area contributed by atoms with Crippen molar-refractivity contribution < 1.29 is 19.4 Å². The highest BCUT2D eigenvalue weighted by molar-refractivity contribution is 5.87. The number of nitrogens with zero attached hydrogens (tertiary/aromatic N) is 2. The third-order valence-corrected chi connectivity index (χ3v) is 2.92. The number of aromatic nitrogens is 2. The molecule has 0 saturated heterocycles. The molecule has 0 bridgehead atoms. The predicted octanol–water partition coefficient (Wildman–Crippen LogP) is 2.29. The first-order valence-corrected chi connectivity index (χ1v) is 6.70. The molecule has 22 heavy (non-hydrogen) atoms. The zero-order valence-corrected chi connectivity index (χ0v) is 12.6. The van der Waals surface area contributed by atoms with Crippen molar-refractivity contribution >= 4 is 11.8 Å². The summed E-state index contributed by atoms with van der Waals surface area (Å²) in [6.07, 6.45) is 0. The number of rotatable bonds is 6. The van der Waals surface area contributed by atoms with Crippen LogP contribution in [0.25, 0.3) is 11.4 Å². The molecule has 2 aromatic rings. The average Bonchev–Trinajstić information content (AvgIpc) is 2.54. The fourth-order valence-electron chi connectivity index (χ4n) is 1.90. The number of carbonyl (C=O) groups is 1. The van der Waals surface area contributed by atoms with Crippen LogP contribution < -0.4 is 14.8 Å². The van der Waals surface area contributed by atoms with E-state index in [0.29, 0.717) is 35.3 Å². The zero-order chi connectivity index (χ0) is 16.1. The van der Waals surface area contributed by atoms with Crippen molar-refractivity contribution in [3.05, 3.63) is 30.0 Å². The highest BCUT2D eigenvalue weighted by Gasteiger charge is 2.13. The number of anilines is 1. The predicted molar refractivity (Wildman–Crippen MR) is 81.7 cm³/mol. The van der Waals surface area contributed by atoms with E-state index < -0.39 is 5.97 Å². The standard InChI is InChI=1S/C15H17N3O4/c1-4-22-11-6-5-9(7-12(11)21-3)14-17-10(15(19)20)8-13(16-2)18-14/h5-8H,4H2,1-3H3,(H,19,20)(H,16,17,18). The van der Waals surface area contributed by atoms with Gasteiger partial charge in [-0.25, -0.2) is 14.8 Å². The molecule has 0 radical (unpaired) electrons. The van der Waals surface area contributed by atoms with Gasteiger partial charge in [0.25, 0.3) is 0 Å². The molecule has 2 N–H and O–H groups in total. The molecule has 0 aliphatic rings. The summed E-state index contributed by atoms with van der Waals surface area (Å²) in [6, 6.07) is 6.59. The summed E-state index contributed by atoms with van der Waals surface area (Å²) in [5.41, 5.74) is 0.558. The van der Waals surface area contributed by atoms with E-state index in [2.05, 4.69) is 15.3 Å². The first-order valence-electron chi connectivity index (χ1n) is 6.70. The first kappa shape index (κ1) is 15.6. The van der Waals surface area contributed by atoms with Crippen LogP contribution in [-0.4, -0.2) is 41.8 Å². The van der Waals surface area contributed by atoms with Gasteiger partial charge in [-0.15, -0.1) is 0 Å². The van der Waals surface area contributed by atoms with Gasteiger partial charge in [-0.1, -0.05) is 0 Å². The summed E-state index contributed by atoms with van der Waals surface area (Å²) in [5, 5.41) is 12.0. The van der Waals surface area contributed by atoms with Crippen molar-refractivity contribution in [2.24, 2.45) is 0 Å². The first-order chi connectivity index (χ1) is 10.6. The number of carboxylic acid groups (broad SMARTS) is 1. The second-order valence-electron chi connectivity index (χ2n) is 4.32. The molecule has 2 rings (SSSR count). The van der Waals surface area contributed by atoms with Crippen molar-refractivity contribution in [1.29, 1.82) is 0 Å². The van der Waals surface area contributed by atoms with E-state index in [1.54, 1.807) is 25.2 Å². The smallest absolute Gasteiger partial charge is 0.354 e. The summed E-state index contributed by atoms with van der Waals surface area (Å²) in [5.74, 6) is 0.755. The molecule has 7 heteroatoms. The van der Waals surface area contributed by atoms with E-state index >= 15 is 0 Å². The van der Waals surface area contributed by atoms with Gasteiger partial charge in [0.15, 0.2) is 23.0 Å². The number of carboxylic acids is 1. The number of nitrogens with one attached hydrogen (secondary N) is 1. The minimum atomic E-state index is -1.11. The lowest BCUT2D eigenvalue weighted by molar-refractivity contribution is 0.0690. The van der Waals surface area contributed by atoms with Crippen LogP contribution in [0.4, 0.5) is 5.82 Å². The van der Waals surface area contributed by atoms with Crippen LogP contribution in [0.15, 0.2) is 24.3 Å². The van der Waals surface area contributed by atoms with E-state index in [0.717, 1.165) is 0 Å². The van der Waals surface area contributed by atoms with Crippen LogP contribution >= 0.6 is 0 Å². The Balaban J connectivity index is 2.51. The maximum atomic E-state index is 11.2. The maximum Gasteiger partial charge on any atom is 0.354 e. The van der Waals surface area contributed by atoms with Crippen LogP contribution in [0, 0.1) is 0 Å². The van der Waals surface area contributed by atoms with Gasteiger partial charge in [-0.05, 0) is 25.1 Å². The number of hydrogen-bond acceptors (Lipinski definition) is 6. The number of ether oxygens (including phenoxy) is 2. The maximum absolute atomic E-state index is 11.2. The Morgan fingerprint density at radius 3 is 2.64 bits per heavy atom. The molecule has 0 unspecified atom stereocenters. The molecule has 0 aliphatic heterocycles. The molecule has 0 aliphatic carbocycles. The molecule has 0 spiro atoms. The third-order valence-electron chi connectivity index (χ3n) is 2.92. The number of aromatic carboxylic acids is 1. The Hall–Kier alpha value is -2.83. The van der Waals surface area contributed by atoms with Gasteiger partial charge < -0.3 is 19.9 Å². The van der Waals surface area contributed by atoms with Crippen molar-refractivity contribution in [2.45, 2.75) is 6.92 Å². The van der Waals surface area contributed by atoms with Crippen molar-refractivity contribution in [3.8, 4) is 22.9 Å². The molecule has 0 amide bonds. The Morgan fingerprint density at radius 2 is 2.05 bits per heavy atom. The average molecular weight is 303 g/mol. The summed E-state index contributed by atoms with van der Waals surface area (Å²) < 4.78 is 10.7. The molecule has 0 fully saturated rings. The van der Waals surface area contributed by atoms with Crippen molar-refractivity contribution in [1.82, 2.24) is 9.97 Å². The van der Waals surface area contributed by atoms with Gasteiger partial charge >= 0.3 is 5.97 Å². The Bertz CT molecular complexity index is 688.